The van der Waals surface area contributed by atoms with Gasteiger partial charge in [-0.3, -0.25) is 0 Å². The number of ether oxygens (including phenoxy) is 2. The van der Waals surface area contributed by atoms with E-state index >= 15 is 0 Å². The van der Waals surface area contributed by atoms with Gasteiger partial charge < -0.3 is 9.47 Å². The average Bonchev–Trinajstić information content (AvgIpc) is 2.78. The van der Waals surface area contributed by atoms with E-state index in [0.717, 1.165) is 38.9 Å². The Kier molecular flexibility index (Phi) is 7.96. The summed E-state index contributed by atoms with van der Waals surface area (Å²) in [6, 6.07) is 10.6. The lowest BCUT2D eigenvalue weighted by atomic mass is 9.98. The van der Waals surface area contributed by atoms with Gasteiger partial charge in [0.05, 0.1) is 13.2 Å². The van der Waals surface area contributed by atoms with Gasteiger partial charge in [-0.05, 0) is 24.8 Å². The molecular weight excluding hydrogens is 272 g/mol. The maximum Gasteiger partial charge on any atom is 0.172 e. The lowest BCUT2D eigenvalue weighted by Crippen LogP contribution is -2.38. The standard InChI is InChI=1S/C20H32O2/c1-2-3-4-5-6-10-15-20(21-16-11-12-17-22-20)18-19-13-8-7-9-14-19/h7-9,13-14H,2-6,10-12,15-18H2,1H3. The van der Waals surface area contributed by atoms with Crippen LogP contribution in [0.5, 0.6) is 0 Å². The Morgan fingerprint density at radius 3 is 2.18 bits per heavy atom. The molecule has 0 bridgehead atoms. The van der Waals surface area contributed by atoms with Gasteiger partial charge in [-0.25, -0.2) is 0 Å². The number of benzene rings is 1. The highest BCUT2D eigenvalue weighted by Crippen LogP contribution is 2.29. The number of unbranched alkanes of at least 4 members (excludes halogenated alkanes) is 5. The molecule has 1 aliphatic heterocycles. The van der Waals surface area contributed by atoms with Crippen molar-refractivity contribution in [1.82, 2.24) is 0 Å². The van der Waals surface area contributed by atoms with Crippen LogP contribution in [-0.2, 0) is 15.9 Å². The maximum absolute atomic E-state index is 6.20. The Morgan fingerprint density at radius 2 is 1.50 bits per heavy atom. The zero-order chi connectivity index (χ0) is 15.5. The van der Waals surface area contributed by atoms with Gasteiger partial charge in [0.2, 0.25) is 0 Å². The Bertz CT molecular complexity index is 380. The predicted molar refractivity (Wildman–Crippen MR) is 92.0 cm³/mol. The predicted octanol–water partition coefficient (Wildman–Crippen LogP) is 5.50. The fourth-order valence-electron chi connectivity index (χ4n) is 3.18. The first-order valence-corrected chi connectivity index (χ1v) is 9.16. The SMILES string of the molecule is CCCCCCCCC1(Cc2ccccc2)OCCCCO1. The first-order valence-electron chi connectivity index (χ1n) is 9.16. The first kappa shape index (κ1) is 17.5. The molecule has 0 saturated carbocycles. The second-order valence-corrected chi connectivity index (χ2v) is 6.49. The van der Waals surface area contributed by atoms with E-state index in [1.165, 1.54) is 44.1 Å². The van der Waals surface area contributed by atoms with E-state index in [1.807, 2.05) is 0 Å². The first-order chi connectivity index (χ1) is 10.8. The minimum Gasteiger partial charge on any atom is -0.350 e. The van der Waals surface area contributed by atoms with Crippen LogP contribution < -0.4 is 0 Å². The molecule has 1 aromatic carbocycles. The summed E-state index contributed by atoms with van der Waals surface area (Å²) in [6.07, 6.45) is 12.0. The van der Waals surface area contributed by atoms with Crippen LogP contribution in [0.3, 0.4) is 0 Å². The Labute approximate surface area is 136 Å². The summed E-state index contributed by atoms with van der Waals surface area (Å²) in [4.78, 5) is 0. The van der Waals surface area contributed by atoms with E-state index in [9.17, 15) is 0 Å². The van der Waals surface area contributed by atoms with Crippen LogP contribution in [-0.4, -0.2) is 19.0 Å². The molecule has 1 aliphatic rings. The van der Waals surface area contributed by atoms with E-state index in [-0.39, 0.29) is 5.79 Å². The van der Waals surface area contributed by atoms with Crippen LogP contribution in [0.15, 0.2) is 30.3 Å². The molecule has 0 unspecified atom stereocenters. The second kappa shape index (κ2) is 10.0. The highest BCUT2D eigenvalue weighted by molar-refractivity contribution is 5.16. The monoisotopic (exact) mass is 304 g/mol. The van der Waals surface area contributed by atoms with Crippen molar-refractivity contribution in [2.75, 3.05) is 13.2 Å². The Hall–Kier alpha value is -0.860. The normalized spacial score (nSPS) is 18.0. The number of hydrogen-bond donors (Lipinski definition) is 0. The lowest BCUT2D eigenvalue weighted by Gasteiger charge is -2.32. The molecule has 2 rings (SSSR count). The Morgan fingerprint density at radius 1 is 0.864 bits per heavy atom. The zero-order valence-corrected chi connectivity index (χ0v) is 14.2. The van der Waals surface area contributed by atoms with Crippen molar-refractivity contribution in [2.45, 2.75) is 76.9 Å². The van der Waals surface area contributed by atoms with E-state index in [1.54, 1.807) is 0 Å². The molecule has 0 N–H and O–H groups in total. The van der Waals surface area contributed by atoms with Crippen LogP contribution in [0.4, 0.5) is 0 Å². The van der Waals surface area contributed by atoms with Crippen LogP contribution in [0, 0.1) is 0 Å². The van der Waals surface area contributed by atoms with Crippen molar-refractivity contribution < 1.29 is 9.47 Å². The van der Waals surface area contributed by atoms with Crippen molar-refractivity contribution in [3.63, 3.8) is 0 Å². The van der Waals surface area contributed by atoms with Crippen LogP contribution in [0.2, 0.25) is 0 Å². The summed E-state index contributed by atoms with van der Waals surface area (Å²) < 4.78 is 12.4. The summed E-state index contributed by atoms with van der Waals surface area (Å²) in [5, 5.41) is 0. The molecule has 0 spiro atoms. The maximum atomic E-state index is 6.20. The van der Waals surface area contributed by atoms with Gasteiger partial charge in [0, 0.05) is 12.8 Å². The summed E-state index contributed by atoms with van der Waals surface area (Å²) in [7, 11) is 0. The molecule has 2 heteroatoms. The molecule has 1 saturated heterocycles. The third-order valence-electron chi connectivity index (χ3n) is 4.50. The lowest BCUT2D eigenvalue weighted by molar-refractivity contribution is -0.229. The van der Waals surface area contributed by atoms with E-state index < -0.39 is 0 Å². The molecule has 1 fully saturated rings. The highest BCUT2D eigenvalue weighted by atomic mass is 16.7. The summed E-state index contributed by atoms with van der Waals surface area (Å²) >= 11 is 0. The molecule has 1 heterocycles. The van der Waals surface area contributed by atoms with Crippen LogP contribution in [0.25, 0.3) is 0 Å². The quantitative estimate of drug-likeness (QED) is 0.561. The molecule has 2 nitrogen and oxygen atoms in total. The zero-order valence-electron chi connectivity index (χ0n) is 14.2. The van der Waals surface area contributed by atoms with Gasteiger partial charge >= 0.3 is 0 Å². The molecule has 0 atom stereocenters. The van der Waals surface area contributed by atoms with Gasteiger partial charge in [0.1, 0.15) is 0 Å². The molecule has 1 aromatic rings. The fourth-order valence-corrected chi connectivity index (χ4v) is 3.18. The van der Waals surface area contributed by atoms with Gasteiger partial charge in [-0.2, -0.15) is 0 Å². The van der Waals surface area contributed by atoms with Crippen molar-refractivity contribution in [2.24, 2.45) is 0 Å². The molecule has 0 amide bonds. The van der Waals surface area contributed by atoms with Crippen molar-refractivity contribution >= 4 is 0 Å². The molecule has 0 radical (unpaired) electrons. The van der Waals surface area contributed by atoms with Crippen molar-refractivity contribution in [3.05, 3.63) is 35.9 Å². The molecule has 124 valence electrons. The molecule has 22 heavy (non-hydrogen) atoms. The van der Waals surface area contributed by atoms with E-state index in [0.29, 0.717) is 0 Å². The minimum atomic E-state index is -0.386. The number of hydrogen-bond acceptors (Lipinski definition) is 2. The van der Waals surface area contributed by atoms with Crippen LogP contribution >= 0.6 is 0 Å². The van der Waals surface area contributed by atoms with E-state index in [2.05, 4.69) is 37.3 Å². The third-order valence-corrected chi connectivity index (χ3v) is 4.50. The largest absolute Gasteiger partial charge is 0.350 e. The average molecular weight is 304 g/mol. The smallest absolute Gasteiger partial charge is 0.172 e. The molecular formula is C20H32O2. The second-order valence-electron chi connectivity index (χ2n) is 6.49. The molecule has 0 aliphatic carbocycles. The van der Waals surface area contributed by atoms with Gasteiger partial charge in [0.15, 0.2) is 5.79 Å². The third kappa shape index (κ3) is 6.10. The van der Waals surface area contributed by atoms with Crippen molar-refractivity contribution in [3.8, 4) is 0 Å². The van der Waals surface area contributed by atoms with Gasteiger partial charge in [-0.15, -0.1) is 0 Å². The fraction of sp³-hybridized carbons (Fsp3) is 0.700. The van der Waals surface area contributed by atoms with Crippen molar-refractivity contribution in [1.29, 1.82) is 0 Å². The summed E-state index contributed by atoms with van der Waals surface area (Å²) in [6.45, 7) is 3.94. The Balaban J connectivity index is 1.87. The van der Waals surface area contributed by atoms with Gasteiger partial charge in [-0.1, -0.05) is 69.4 Å². The molecule has 0 aromatic heterocycles. The number of rotatable bonds is 9. The van der Waals surface area contributed by atoms with E-state index in [4.69, 9.17) is 9.47 Å². The summed E-state index contributed by atoms with van der Waals surface area (Å²) in [5.74, 6) is -0.386. The highest BCUT2D eigenvalue weighted by Gasteiger charge is 2.33. The van der Waals surface area contributed by atoms with Crippen LogP contribution in [0.1, 0.15) is 70.3 Å². The van der Waals surface area contributed by atoms with Gasteiger partial charge in [0.25, 0.3) is 0 Å². The summed E-state index contributed by atoms with van der Waals surface area (Å²) in [5.41, 5.74) is 1.32. The topological polar surface area (TPSA) is 18.5 Å². The minimum absolute atomic E-state index is 0.386.